The molecular weight excluding hydrogens is 426 g/mol. The van der Waals surface area contributed by atoms with E-state index >= 15 is 0 Å². The van der Waals surface area contributed by atoms with Gasteiger partial charge in [0.15, 0.2) is 5.82 Å². The first kappa shape index (κ1) is 21.9. The summed E-state index contributed by atoms with van der Waals surface area (Å²) in [6.45, 7) is 2.77. The molecule has 0 aliphatic carbocycles. The van der Waals surface area contributed by atoms with E-state index in [1.54, 1.807) is 0 Å². The third kappa shape index (κ3) is 4.56. The summed E-state index contributed by atoms with van der Waals surface area (Å²) in [7, 11) is 1.53. The fourth-order valence-electron chi connectivity index (χ4n) is 4.46. The van der Waals surface area contributed by atoms with Gasteiger partial charge in [0.25, 0.3) is 5.88 Å². The Labute approximate surface area is 199 Å². The van der Waals surface area contributed by atoms with Crippen LogP contribution in [0.15, 0.2) is 84.9 Å². The summed E-state index contributed by atoms with van der Waals surface area (Å²) < 4.78 is 5.37. The molecule has 0 spiro atoms. The average Bonchev–Trinajstić information content (AvgIpc) is 2.90. The highest BCUT2D eigenvalue weighted by Gasteiger charge is 2.28. The Morgan fingerprint density at radius 3 is 1.88 bits per heavy atom. The Morgan fingerprint density at radius 1 is 0.794 bits per heavy atom. The number of benzene rings is 3. The fourth-order valence-corrected chi connectivity index (χ4v) is 4.46. The van der Waals surface area contributed by atoms with E-state index in [1.165, 1.54) is 18.2 Å². The van der Waals surface area contributed by atoms with Gasteiger partial charge in [0.1, 0.15) is 0 Å². The number of aromatic nitrogens is 2. The fraction of sp³-hybridized carbons (Fsp3) is 0.222. The molecule has 1 aliphatic heterocycles. The molecule has 3 aromatic carbocycles. The number of nitrogens with one attached hydrogen (secondary N) is 1. The normalized spacial score (nSPS) is 14.4. The second kappa shape index (κ2) is 9.89. The van der Waals surface area contributed by atoms with Crippen molar-refractivity contribution in [1.82, 2.24) is 19.8 Å². The van der Waals surface area contributed by atoms with E-state index in [9.17, 15) is 4.79 Å². The molecule has 0 saturated carbocycles. The number of para-hydroxylation sites is 2. The molecule has 0 radical (unpaired) electrons. The molecule has 7 heteroatoms. The first-order chi connectivity index (χ1) is 16.7. The highest BCUT2D eigenvalue weighted by molar-refractivity contribution is 5.91. The molecule has 7 nitrogen and oxygen atoms in total. The second-order valence-corrected chi connectivity index (χ2v) is 8.25. The highest BCUT2D eigenvalue weighted by Crippen LogP contribution is 2.30. The van der Waals surface area contributed by atoms with Crippen molar-refractivity contribution < 1.29 is 9.53 Å². The number of carbonyl (C=O) groups is 1. The zero-order valence-corrected chi connectivity index (χ0v) is 19.1. The van der Waals surface area contributed by atoms with E-state index in [0.29, 0.717) is 30.3 Å². The number of ether oxygens (including phenoxy) is 1. The van der Waals surface area contributed by atoms with Gasteiger partial charge < -0.3 is 9.64 Å². The largest absolute Gasteiger partial charge is 0.478 e. The lowest BCUT2D eigenvalue weighted by Gasteiger charge is -2.39. The number of hydrogen-bond acceptors (Lipinski definition) is 5. The predicted octanol–water partition coefficient (Wildman–Crippen LogP) is 4.58. The molecule has 1 aliphatic rings. The van der Waals surface area contributed by atoms with Crippen molar-refractivity contribution in [1.29, 1.82) is 0 Å². The summed E-state index contributed by atoms with van der Waals surface area (Å²) in [5, 5.41) is 2.90. The Balaban J connectivity index is 1.30. The maximum atomic E-state index is 13.1. The van der Waals surface area contributed by atoms with Crippen molar-refractivity contribution in [2.24, 2.45) is 0 Å². The minimum Gasteiger partial charge on any atom is -0.478 e. The first-order valence-electron chi connectivity index (χ1n) is 11.4. The smallest absolute Gasteiger partial charge is 0.323 e. The Bertz CT molecular complexity index is 1220. The van der Waals surface area contributed by atoms with E-state index in [1.807, 2.05) is 41.3 Å². The number of fused-ring (bicyclic) bond motifs is 1. The lowest BCUT2D eigenvalue weighted by atomic mass is 9.96. The van der Waals surface area contributed by atoms with Crippen LogP contribution in [-0.2, 0) is 0 Å². The molecule has 1 fully saturated rings. The standard InChI is InChI=1S/C27H27N5O2/c1-34-26-25(28-22-14-8-9-15-23(22)29-26)30-27(33)32-18-16-31(17-19-32)24(20-10-4-2-5-11-20)21-12-6-3-7-13-21/h2-15,24H,16-19H2,1H3,(H,28,30,33). The zero-order valence-electron chi connectivity index (χ0n) is 19.1. The van der Waals surface area contributed by atoms with Crippen molar-refractivity contribution in [2.75, 3.05) is 38.6 Å². The quantitative estimate of drug-likeness (QED) is 0.479. The zero-order chi connectivity index (χ0) is 23.3. The number of hydrogen-bond donors (Lipinski definition) is 1. The van der Waals surface area contributed by atoms with Crippen LogP contribution in [0.25, 0.3) is 11.0 Å². The Morgan fingerprint density at radius 2 is 1.32 bits per heavy atom. The molecule has 1 saturated heterocycles. The van der Waals surface area contributed by atoms with Crippen LogP contribution in [0.3, 0.4) is 0 Å². The molecule has 2 amide bonds. The van der Waals surface area contributed by atoms with Crippen molar-refractivity contribution in [3.63, 3.8) is 0 Å². The lowest BCUT2D eigenvalue weighted by molar-refractivity contribution is 0.126. The summed E-state index contributed by atoms with van der Waals surface area (Å²) in [5.41, 5.74) is 3.93. The van der Waals surface area contributed by atoms with Crippen molar-refractivity contribution >= 4 is 22.9 Å². The number of urea groups is 1. The molecule has 1 aromatic heterocycles. The van der Waals surface area contributed by atoms with Crippen LogP contribution in [0.1, 0.15) is 17.2 Å². The minimum absolute atomic E-state index is 0.152. The molecule has 0 unspecified atom stereocenters. The van der Waals surface area contributed by atoms with Crippen molar-refractivity contribution in [3.05, 3.63) is 96.1 Å². The number of nitrogens with zero attached hydrogens (tertiary/aromatic N) is 4. The van der Waals surface area contributed by atoms with E-state index in [0.717, 1.165) is 18.6 Å². The third-order valence-electron chi connectivity index (χ3n) is 6.15. The van der Waals surface area contributed by atoms with Crippen LogP contribution in [0.5, 0.6) is 5.88 Å². The third-order valence-corrected chi connectivity index (χ3v) is 6.15. The monoisotopic (exact) mass is 453 g/mol. The van der Waals surface area contributed by atoms with Crippen LogP contribution in [0.2, 0.25) is 0 Å². The number of anilines is 1. The molecular formula is C27H27N5O2. The maximum Gasteiger partial charge on any atom is 0.323 e. The van der Waals surface area contributed by atoms with Gasteiger partial charge in [0.2, 0.25) is 0 Å². The number of methoxy groups -OCH3 is 1. The van der Waals surface area contributed by atoms with Crippen LogP contribution >= 0.6 is 0 Å². The predicted molar refractivity (Wildman–Crippen MR) is 133 cm³/mol. The van der Waals surface area contributed by atoms with Crippen molar-refractivity contribution in [3.8, 4) is 5.88 Å². The SMILES string of the molecule is COc1nc2ccccc2nc1NC(=O)N1CCN(C(c2ccccc2)c2ccccc2)CC1. The van der Waals surface area contributed by atoms with Gasteiger partial charge in [-0.15, -0.1) is 0 Å². The summed E-state index contributed by atoms with van der Waals surface area (Å²) in [5.74, 6) is 0.638. The number of rotatable bonds is 5. The van der Waals surface area contributed by atoms with Gasteiger partial charge in [0.05, 0.1) is 24.2 Å². The van der Waals surface area contributed by atoms with E-state index in [2.05, 4.69) is 68.7 Å². The highest BCUT2D eigenvalue weighted by atomic mass is 16.5. The lowest BCUT2D eigenvalue weighted by Crippen LogP contribution is -2.51. The Hall–Kier alpha value is -3.97. The van der Waals surface area contributed by atoms with Gasteiger partial charge in [-0.1, -0.05) is 72.8 Å². The summed E-state index contributed by atoms with van der Waals surface area (Å²) in [4.78, 5) is 26.3. The molecule has 1 N–H and O–H groups in total. The molecule has 2 heterocycles. The van der Waals surface area contributed by atoms with Crippen LogP contribution < -0.4 is 10.1 Å². The van der Waals surface area contributed by atoms with Crippen LogP contribution in [0.4, 0.5) is 10.6 Å². The summed E-state index contributed by atoms with van der Waals surface area (Å²) >= 11 is 0. The molecule has 5 rings (SSSR count). The summed E-state index contributed by atoms with van der Waals surface area (Å²) in [6, 6.07) is 28.5. The van der Waals surface area contributed by atoms with Gasteiger partial charge in [0, 0.05) is 26.2 Å². The van der Waals surface area contributed by atoms with Gasteiger partial charge in [-0.2, -0.15) is 0 Å². The molecule has 0 atom stereocenters. The molecule has 0 bridgehead atoms. The number of amides is 2. The first-order valence-corrected chi connectivity index (χ1v) is 11.4. The van der Waals surface area contributed by atoms with E-state index in [4.69, 9.17) is 4.74 Å². The van der Waals surface area contributed by atoms with Gasteiger partial charge in [-0.3, -0.25) is 10.2 Å². The maximum absolute atomic E-state index is 13.1. The second-order valence-electron chi connectivity index (χ2n) is 8.25. The van der Waals surface area contributed by atoms with Crippen LogP contribution in [-0.4, -0.2) is 59.1 Å². The van der Waals surface area contributed by atoms with Crippen molar-refractivity contribution in [2.45, 2.75) is 6.04 Å². The van der Waals surface area contributed by atoms with E-state index in [-0.39, 0.29) is 12.1 Å². The molecule has 172 valence electrons. The molecule has 34 heavy (non-hydrogen) atoms. The summed E-state index contributed by atoms with van der Waals surface area (Å²) in [6.07, 6.45) is 0. The number of piperazine rings is 1. The molecule has 4 aromatic rings. The van der Waals surface area contributed by atoms with Gasteiger partial charge in [-0.25, -0.2) is 14.8 Å². The van der Waals surface area contributed by atoms with Crippen LogP contribution in [0, 0.1) is 0 Å². The van der Waals surface area contributed by atoms with E-state index < -0.39 is 0 Å². The minimum atomic E-state index is -0.196. The van der Waals surface area contributed by atoms with Gasteiger partial charge in [-0.05, 0) is 23.3 Å². The topological polar surface area (TPSA) is 70.6 Å². The number of carbonyl (C=O) groups excluding carboxylic acids is 1. The van der Waals surface area contributed by atoms with Gasteiger partial charge >= 0.3 is 6.03 Å². The Kier molecular flexibility index (Phi) is 6.35. The average molecular weight is 454 g/mol.